The fourth-order valence-electron chi connectivity index (χ4n) is 3.75. The molecule has 0 N–H and O–H groups in total. The first-order chi connectivity index (χ1) is 14.6. The van der Waals surface area contributed by atoms with E-state index in [-0.39, 0.29) is 42.5 Å². The van der Waals surface area contributed by atoms with Crippen LogP contribution in [0.5, 0.6) is 0 Å². The van der Waals surface area contributed by atoms with Crippen molar-refractivity contribution in [2.24, 2.45) is 5.41 Å². The van der Waals surface area contributed by atoms with E-state index in [1.807, 2.05) is 39.0 Å². The van der Waals surface area contributed by atoms with Gasteiger partial charge in [-0.05, 0) is 40.7 Å². The van der Waals surface area contributed by atoms with Crippen molar-refractivity contribution in [1.82, 2.24) is 9.88 Å². The Hall–Kier alpha value is -3.02. The lowest BCUT2D eigenvalue weighted by Crippen LogP contribution is -2.46. The fraction of sp³-hybridized carbons (Fsp3) is 0.440. The topological polar surface area (TPSA) is 70.6 Å². The molecule has 6 nitrogen and oxygen atoms in total. The van der Waals surface area contributed by atoms with Crippen LogP contribution in [0.15, 0.2) is 48.8 Å². The molecule has 31 heavy (non-hydrogen) atoms. The number of anilines is 1. The van der Waals surface area contributed by atoms with Gasteiger partial charge in [-0.1, -0.05) is 52.8 Å². The molecular formula is C25H31N3O3. The third kappa shape index (κ3) is 5.37. The summed E-state index contributed by atoms with van der Waals surface area (Å²) in [6.07, 6.45) is 3.62. The maximum atomic E-state index is 13.3. The van der Waals surface area contributed by atoms with Crippen molar-refractivity contribution >= 4 is 23.4 Å². The van der Waals surface area contributed by atoms with E-state index in [1.54, 1.807) is 35.5 Å². The van der Waals surface area contributed by atoms with E-state index >= 15 is 0 Å². The molecule has 1 aromatic carbocycles. The molecule has 0 saturated carbocycles. The molecular weight excluding hydrogens is 390 g/mol. The van der Waals surface area contributed by atoms with E-state index in [2.05, 4.69) is 18.8 Å². The summed E-state index contributed by atoms with van der Waals surface area (Å²) < 4.78 is 0. The Morgan fingerprint density at radius 2 is 1.84 bits per heavy atom. The molecule has 1 aliphatic rings. The molecule has 1 fully saturated rings. The molecule has 1 aromatic heterocycles. The fourth-order valence-corrected chi connectivity index (χ4v) is 3.75. The van der Waals surface area contributed by atoms with Gasteiger partial charge in [0.25, 0.3) is 5.91 Å². The van der Waals surface area contributed by atoms with Crippen molar-refractivity contribution in [2.75, 3.05) is 4.90 Å². The van der Waals surface area contributed by atoms with Gasteiger partial charge >= 0.3 is 0 Å². The van der Waals surface area contributed by atoms with Gasteiger partial charge in [0.05, 0.1) is 12.1 Å². The number of aromatic nitrogens is 1. The highest BCUT2D eigenvalue weighted by atomic mass is 16.2. The summed E-state index contributed by atoms with van der Waals surface area (Å²) in [4.78, 5) is 46.2. The van der Waals surface area contributed by atoms with Gasteiger partial charge in [0.1, 0.15) is 6.04 Å². The molecule has 3 rings (SSSR count). The molecule has 0 spiro atoms. The van der Waals surface area contributed by atoms with Gasteiger partial charge in [0.15, 0.2) is 0 Å². The minimum atomic E-state index is -0.813. The summed E-state index contributed by atoms with van der Waals surface area (Å²) in [5.41, 5.74) is 2.27. The first-order valence-electron chi connectivity index (χ1n) is 10.7. The predicted octanol–water partition coefficient (Wildman–Crippen LogP) is 4.30. The molecule has 0 aliphatic carbocycles. The number of carbonyl (C=O) groups is 3. The number of rotatable bonds is 6. The molecule has 6 heteroatoms. The van der Waals surface area contributed by atoms with Crippen LogP contribution in [-0.4, -0.2) is 33.6 Å². The molecule has 0 radical (unpaired) electrons. The van der Waals surface area contributed by atoms with Gasteiger partial charge in [-0.2, -0.15) is 0 Å². The van der Waals surface area contributed by atoms with Gasteiger partial charge in [-0.15, -0.1) is 0 Å². The highest BCUT2D eigenvalue weighted by molar-refractivity contribution is 6.23. The highest BCUT2D eigenvalue weighted by Crippen LogP contribution is 2.30. The molecule has 164 valence electrons. The van der Waals surface area contributed by atoms with E-state index in [9.17, 15) is 14.4 Å². The zero-order valence-corrected chi connectivity index (χ0v) is 19.0. The zero-order valence-electron chi connectivity index (χ0n) is 19.0. The highest BCUT2D eigenvalue weighted by Gasteiger charge is 2.44. The number of amides is 3. The number of hydrogen-bond acceptors (Lipinski definition) is 4. The van der Waals surface area contributed by atoms with E-state index in [4.69, 9.17) is 0 Å². The van der Waals surface area contributed by atoms with Gasteiger partial charge in [-0.25, -0.2) is 4.90 Å². The number of nitrogens with zero attached hydrogens (tertiary/aromatic N) is 3. The maximum absolute atomic E-state index is 13.3. The van der Waals surface area contributed by atoms with Crippen LogP contribution in [-0.2, 0) is 20.9 Å². The number of hydrogen-bond donors (Lipinski definition) is 0. The lowest BCUT2D eigenvalue weighted by Gasteiger charge is -2.30. The first kappa shape index (κ1) is 22.7. The zero-order chi connectivity index (χ0) is 22.8. The Bertz CT molecular complexity index is 946. The summed E-state index contributed by atoms with van der Waals surface area (Å²) in [6, 6.07) is 10.3. The lowest BCUT2D eigenvalue weighted by atomic mass is 9.91. The molecule has 1 atom stereocenters. The van der Waals surface area contributed by atoms with Crippen molar-refractivity contribution in [2.45, 2.75) is 66.0 Å². The molecule has 3 amide bonds. The van der Waals surface area contributed by atoms with Gasteiger partial charge in [0.2, 0.25) is 11.8 Å². The monoisotopic (exact) mass is 421 g/mol. The Morgan fingerprint density at radius 3 is 2.39 bits per heavy atom. The van der Waals surface area contributed by atoms with Crippen LogP contribution in [0, 0.1) is 5.41 Å². The van der Waals surface area contributed by atoms with E-state index in [0.29, 0.717) is 11.6 Å². The second kappa shape index (κ2) is 9.00. The van der Waals surface area contributed by atoms with E-state index in [1.165, 1.54) is 4.90 Å². The molecule has 0 bridgehead atoms. The van der Waals surface area contributed by atoms with Crippen LogP contribution in [0.2, 0.25) is 0 Å². The first-order valence-corrected chi connectivity index (χ1v) is 10.7. The van der Waals surface area contributed by atoms with E-state index in [0.717, 1.165) is 11.1 Å². The number of pyridine rings is 1. The van der Waals surface area contributed by atoms with Crippen LogP contribution in [0.4, 0.5) is 5.69 Å². The Kier molecular flexibility index (Phi) is 6.58. The lowest BCUT2D eigenvalue weighted by molar-refractivity contribution is -0.140. The number of benzene rings is 1. The Balaban J connectivity index is 1.89. The van der Waals surface area contributed by atoms with Crippen LogP contribution in [0.25, 0.3) is 0 Å². The summed E-state index contributed by atoms with van der Waals surface area (Å²) in [6.45, 7) is 10.4. The second-order valence-electron chi connectivity index (χ2n) is 9.65. The smallest absolute Gasteiger partial charge is 0.257 e. The number of carbonyl (C=O) groups excluding carboxylic acids is 3. The van der Waals surface area contributed by atoms with Crippen LogP contribution in [0.1, 0.15) is 64.5 Å². The third-order valence-corrected chi connectivity index (χ3v) is 5.39. The molecule has 1 aliphatic heterocycles. The van der Waals surface area contributed by atoms with Crippen molar-refractivity contribution in [3.63, 3.8) is 0 Å². The quantitative estimate of drug-likeness (QED) is 0.652. The average Bonchev–Trinajstić information content (AvgIpc) is 2.99. The summed E-state index contributed by atoms with van der Waals surface area (Å²) in [7, 11) is 0. The standard InChI is InChI=1S/C25H31N3O3/c1-17(2)19-8-10-20(11-9-19)28-22(29)13-21(24(28)31)27(23(30)14-25(3,4)5)16-18-7-6-12-26-15-18/h6-12,15,17,21H,13-14,16H2,1-5H3. The molecule has 1 saturated heterocycles. The normalized spacial score (nSPS) is 16.8. The molecule has 2 aromatic rings. The van der Waals surface area contributed by atoms with Gasteiger partial charge in [-0.3, -0.25) is 19.4 Å². The van der Waals surface area contributed by atoms with Crippen molar-refractivity contribution < 1.29 is 14.4 Å². The van der Waals surface area contributed by atoms with Crippen molar-refractivity contribution in [3.05, 3.63) is 59.9 Å². The SMILES string of the molecule is CC(C)c1ccc(N2C(=O)CC(N(Cc3cccnc3)C(=O)CC(C)(C)C)C2=O)cc1. The molecule has 2 heterocycles. The molecule has 1 unspecified atom stereocenters. The minimum absolute atomic E-state index is 0.0130. The Morgan fingerprint density at radius 1 is 1.16 bits per heavy atom. The van der Waals surface area contributed by atoms with Gasteiger partial charge < -0.3 is 4.90 Å². The average molecular weight is 422 g/mol. The third-order valence-electron chi connectivity index (χ3n) is 5.39. The van der Waals surface area contributed by atoms with Crippen molar-refractivity contribution in [3.8, 4) is 0 Å². The summed E-state index contributed by atoms with van der Waals surface area (Å²) >= 11 is 0. The van der Waals surface area contributed by atoms with E-state index < -0.39 is 6.04 Å². The van der Waals surface area contributed by atoms with Crippen LogP contribution < -0.4 is 4.90 Å². The number of imide groups is 1. The maximum Gasteiger partial charge on any atom is 0.257 e. The van der Waals surface area contributed by atoms with Crippen LogP contribution in [0.3, 0.4) is 0 Å². The minimum Gasteiger partial charge on any atom is -0.326 e. The largest absolute Gasteiger partial charge is 0.326 e. The second-order valence-corrected chi connectivity index (χ2v) is 9.65. The van der Waals surface area contributed by atoms with Crippen LogP contribution >= 0.6 is 0 Å². The summed E-state index contributed by atoms with van der Waals surface area (Å²) in [5, 5.41) is 0. The Labute approximate surface area is 184 Å². The summed E-state index contributed by atoms with van der Waals surface area (Å²) in [5.74, 6) is -0.420. The predicted molar refractivity (Wildman–Crippen MR) is 120 cm³/mol. The van der Waals surface area contributed by atoms with Gasteiger partial charge in [0, 0.05) is 25.4 Å². The van der Waals surface area contributed by atoms with Crippen molar-refractivity contribution in [1.29, 1.82) is 0 Å².